The minimum Gasteiger partial charge on any atom is -0.390 e. The van der Waals surface area contributed by atoms with Crippen LogP contribution in [0.4, 0.5) is 17.2 Å². The molecule has 0 aliphatic carbocycles. The van der Waals surface area contributed by atoms with Crippen molar-refractivity contribution < 1.29 is 5.11 Å². The van der Waals surface area contributed by atoms with Crippen molar-refractivity contribution in [3.05, 3.63) is 65.5 Å². The summed E-state index contributed by atoms with van der Waals surface area (Å²) in [5, 5.41) is 20.9. The van der Waals surface area contributed by atoms with Gasteiger partial charge in [0.15, 0.2) is 0 Å². The number of anilines is 3. The van der Waals surface area contributed by atoms with Crippen LogP contribution in [0.2, 0.25) is 0 Å². The molecule has 1 atom stereocenters. The van der Waals surface area contributed by atoms with E-state index in [4.69, 9.17) is 16.1 Å². The van der Waals surface area contributed by atoms with Gasteiger partial charge in [0.05, 0.1) is 29.4 Å². The maximum Gasteiger partial charge on any atom is 0.130 e. The van der Waals surface area contributed by atoms with Gasteiger partial charge >= 0.3 is 0 Å². The zero-order valence-electron chi connectivity index (χ0n) is 18.4. The summed E-state index contributed by atoms with van der Waals surface area (Å²) in [4.78, 5) is 11.6. The molecule has 1 aromatic carbocycles. The molecule has 7 nitrogen and oxygen atoms in total. The number of nitrogens with zero attached hydrogens (tertiary/aromatic N) is 3. The summed E-state index contributed by atoms with van der Waals surface area (Å²) in [6.07, 6.45) is 4.43. The minimum atomic E-state index is -0.124. The Morgan fingerprint density at radius 2 is 2.00 bits per heavy atom. The van der Waals surface area contributed by atoms with Crippen LogP contribution in [0, 0.1) is 5.41 Å². The van der Waals surface area contributed by atoms with E-state index in [2.05, 4.69) is 28.2 Å². The molecule has 1 saturated heterocycles. The monoisotopic (exact) mass is 430 g/mol. The lowest BCUT2D eigenvalue weighted by molar-refractivity contribution is 0.277. The highest BCUT2D eigenvalue weighted by Gasteiger charge is 2.21. The van der Waals surface area contributed by atoms with Crippen LogP contribution in [0.25, 0.3) is 11.3 Å². The first-order chi connectivity index (χ1) is 15.6. The lowest BCUT2D eigenvalue weighted by Gasteiger charge is -2.35. The number of benzene rings is 1. The summed E-state index contributed by atoms with van der Waals surface area (Å²) >= 11 is 0. The minimum absolute atomic E-state index is 0.0846. The highest BCUT2D eigenvalue weighted by atomic mass is 16.3. The second-order valence-electron chi connectivity index (χ2n) is 8.08. The molecule has 3 heterocycles. The van der Waals surface area contributed by atoms with Crippen LogP contribution in [-0.4, -0.2) is 34.4 Å². The van der Waals surface area contributed by atoms with Crippen molar-refractivity contribution in [3.8, 4) is 11.3 Å². The van der Waals surface area contributed by atoms with Gasteiger partial charge in [-0.3, -0.25) is 4.98 Å². The number of pyridine rings is 2. The fraction of sp³-hybridized carbons (Fsp3) is 0.320. The van der Waals surface area contributed by atoms with Crippen LogP contribution in [0.15, 0.2) is 48.5 Å². The normalized spacial score (nSPS) is 14.0. The van der Waals surface area contributed by atoms with Gasteiger partial charge in [0, 0.05) is 42.2 Å². The van der Waals surface area contributed by atoms with Gasteiger partial charge < -0.3 is 26.5 Å². The Hall–Kier alpha value is -3.29. The Morgan fingerprint density at radius 1 is 1.19 bits per heavy atom. The van der Waals surface area contributed by atoms with Crippen LogP contribution in [0.3, 0.4) is 0 Å². The number of aliphatic hydroxyl groups is 1. The molecule has 0 bridgehead atoms. The Balaban J connectivity index is 1.78. The van der Waals surface area contributed by atoms with Crippen LogP contribution in [0.5, 0.6) is 0 Å². The first-order valence-corrected chi connectivity index (χ1v) is 11.1. The van der Waals surface area contributed by atoms with E-state index in [1.807, 2.05) is 36.4 Å². The Bertz CT molecular complexity index is 1100. The molecule has 2 aromatic heterocycles. The number of rotatable bonds is 9. The maximum atomic E-state index is 9.44. The van der Waals surface area contributed by atoms with Crippen molar-refractivity contribution in [1.82, 2.24) is 9.97 Å². The largest absolute Gasteiger partial charge is 0.390 e. The third kappa shape index (κ3) is 4.64. The molecule has 1 aliphatic rings. The predicted molar refractivity (Wildman–Crippen MR) is 130 cm³/mol. The molecular weight excluding hydrogens is 400 g/mol. The maximum absolute atomic E-state index is 9.44. The molecule has 4 rings (SSSR count). The van der Waals surface area contributed by atoms with Gasteiger partial charge in [0.2, 0.25) is 0 Å². The van der Waals surface area contributed by atoms with Crippen LogP contribution in [-0.2, 0) is 6.61 Å². The molecule has 32 heavy (non-hydrogen) atoms. The highest BCUT2D eigenvalue weighted by molar-refractivity contribution is 5.97. The van der Waals surface area contributed by atoms with Gasteiger partial charge in [0.1, 0.15) is 5.82 Å². The molecule has 0 unspecified atom stereocenters. The predicted octanol–water partition coefficient (Wildman–Crippen LogP) is 4.39. The van der Waals surface area contributed by atoms with Gasteiger partial charge in [-0.05, 0) is 49.2 Å². The first kappa shape index (κ1) is 21.9. The van der Waals surface area contributed by atoms with Crippen molar-refractivity contribution in [2.24, 2.45) is 5.73 Å². The number of nitrogens with one attached hydrogen (secondary N) is 2. The van der Waals surface area contributed by atoms with Crippen molar-refractivity contribution in [2.75, 3.05) is 23.3 Å². The fourth-order valence-corrected chi connectivity index (χ4v) is 3.91. The standard InChI is InChI=1S/C25H30N6O/c1-2-6-20(27)22-9-4-8-21(29-22)17-13-23(30-25-10-3-7-18(16-32)28-25)19(15-26)24(14-17)31-11-5-12-31/h3-4,7-10,13-15,20,26,32H,2,5-6,11-12,16,27H2,1H3,(H,28,30)/t20-/m0/s1. The lowest BCUT2D eigenvalue weighted by Crippen LogP contribution is -2.37. The molecule has 1 fully saturated rings. The summed E-state index contributed by atoms with van der Waals surface area (Å²) in [6.45, 7) is 3.94. The number of nitrogens with two attached hydrogens (primary N) is 1. The van der Waals surface area contributed by atoms with E-state index in [-0.39, 0.29) is 12.6 Å². The average Bonchev–Trinajstić information content (AvgIpc) is 2.78. The van der Waals surface area contributed by atoms with Crippen LogP contribution < -0.4 is 16.0 Å². The SMILES string of the molecule is CCC[C@H](N)c1cccc(-c2cc(Nc3cccc(CO)n3)c(C=N)c(N3CCC3)c2)n1. The van der Waals surface area contributed by atoms with Gasteiger partial charge in [0.25, 0.3) is 0 Å². The highest BCUT2D eigenvalue weighted by Crippen LogP contribution is 2.36. The second-order valence-corrected chi connectivity index (χ2v) is 8.08. The average molecular weight is 431 g/mol. The third-order valence-electron chi connectivity index (χ3n) is 5.78. The number of aliphatic hydroxyl groups excluding tert-OH is 1. The first-order valence-electron chi connectivity index (χ1n) is 11.1. The van der Waals surface area contributed by atoms with Crippen LogP contribution >= 0.6 is 0 Å². The van der Waals surface area contributed by atoms with E-state index in [9.17, 15) is 5.11 Å². The number of aromatic nitrogens is 2. The molecule has 7 heteroatoms. The molecule has 5 N–H and O–H groups in total. The smallest absolute Gasteiger partial charge is 0.130 e. The van der Waals surface area contributed by atoms with E-state index in [1.165, 1.54) is 6.21 Å². The Kier molecular flexibility index (Phi) is 6.78. The molecule has 0 amide bonds. The van der Waals surface area contributed by atoms with E-state index < -0.39 is 0 Å². The molecule has 0 spiro atoms. The third-order valence-corrected chi connectivity index (χ3v) is 5.78. The summed E-state index contributed by atoms with van der Waals surface area (Å²) in [7, 11) is 0. The zero-order valence-corrected chi connectivity index (χ0v) is 18.4. The van der Waals surface area contributed by atoms with Gasteiger partial charge in [-0.2, -0.15) is 0 Å². The van der Waals surface area contributed by atoms with Crippen molar-refractivity contribution in [1.29, 1.82) is 5.41 Å². The summed E-state index contributed by atoms with van der Waals surface area (Å²) in [6, 6.07) is 15.5. The molecular formula is C25H30N6O. The fourth-order valence-electron chi connectivity index (χ4n) is 3.91. The molecule has 0 saturated carbocycles. The van der Waals surface area contributed by atoms with Crippen molar-refractivity contribution in [2.45, 2.75) is 38.8 Å². The Morgan fingerprint density at radius 3 is 2.69 bits per heavy atom. The van der Waals surface area contributed by atoms with E-state index in [0.29, 0.717) is 11.5 Å². The lowest BCUT2D eigenvalue weighted by atomic mass is 10.00. The molecule has 3 aromatic rings. The molecule has 0 radical (unpaired) electrons. The van der Waals surface area contributed by atoms with E-state index >= 15 is 0 Å². The Labute approximate surface area is 188 Å². The zero-order chi connectivity index (χ0) is 22.5. The van der Waals surface area contributed by atoms with E-state index in [1.54, 1.807) is 6.07 Å². The van der Waals surface area contributed by atoms with E-state index in [0.717, 1.165) is 66.2 Å². The van der Waals surface area contributed by atoms with Crippen molar-refractivity contribution in [3.63, 3.8) is 0 Å². The number of hydrogen-bond acceptors (Lipinski definition) is 7. The molecule has 166 valence electrons. The number of hydrogen-bond donors (Lipinski definition) is 4. The molecule has 1 aliphatic heterocycles. The van der Waals surface area contributed by atoms with Gasteiger partial charge in [-0.1, -0.05) is 25.5 Å². The summed E-state index contributed by atoms with van der Waals surface area (Å²) in [5.41, 5.74) is 12.2. The van der Waals surface area contributed by atoms with Gasteiger partial charge in [-0.15, -0.1) is 0 Å². The summed E-state index contributed by atoms with van der Waals surface area (Å²) in [5.74, 6) is 0.623. The van der Waals surface area contributed by atoms with Crippen molar-refractivity contribution >= 4 is 23.4 Å². The second kappa shape index (κ2) is 9.89. The summed E-state index contributed by atoms with van der Waals surface area (Å²) < 4.78 is 0. The topological polar surface area (TPSA) is 111 Å². The van der Waals surface area contributed by atoms with Crippen LogP contribution in [0.1, 0.15) is 49.2 Å². The quantitative estimate of drug-likeness (QED) is 0.375. The van der Waals surface area contributed by atoms with Gasteiger partial charge in [-0.25, -0.2) is 4.98 Å².